The highest BCUT2D eigenvalue weighted by molar-refractivity contribution is 5.93. The maximum Gasteiger partial charge on any atom is 0.229 e. The molecule has 0 heterocycles. The van der Waals surface area contributed by atoms with Crippen molar-refractivity contribution in [3.05, 3.63) is 72.3 Å². The molecular formula is C26H23NO2-2. The minimum absolute atomic E-state index is 0.121. The van der Waals surface area contributed by atoms with Crippen molar-refractivity contribution in [2.75, 3.05) is 0 Å². The van der Waals surface area contributed by atoms with E-state index >= 15 is 0 Å². The molecule has 3 nitrogen and oxygen atoms in total. The van der Waals surface area contributed by atoms with Gasteiger partial charge in [0.2, 0.25) is 5.91 Å². The summed E-state index contributed by atoms with van der Waals surface area (Å²) in [7, 11) is 0. The molecule has 29 heavy (non-hydrogen) atoms. The molecule has 0 aliphatic heterocycles. The second-order valence-electron chi connectivity index (χ2n) is 5.62. The molecule has 146 valence electrons. The molecular weight excluding hydrogens is 358 g/mol. The molecule has 0 bridgehead atoms. The lowest BCUT2D eigenvalue weighted by Gasteiger charge is -2.25. The van der Waals surface area contributed by atoms with E-state index in [-0.39, 0.29) is 23.1 Å². The Bertz CT molecular complexity index is 964. The van der Waals surface area contributed by atoms with Gasteiger partial charge in [0.15, 0.2) is 5.78 Å². The predicted octanol–water partition coefficient (Wildman–Crippen LogP) is 4.21. The van der Waals surface area contributed by atoms with Crippen molar-refractivity contribution < 1.29 is 9.59 Å². The highest BCUT2D eigenvalue weighted by Crippen LogP contribution is 2.19. The molecule has 0 atom stereocenters. The van der Waals surface area contributed by atoms with Crippen LogP contribution in [-0.2, 0) is 4.79 Å². The second-order valence-corrected chi connectivity index (χ2v) is 5.62. The van der Waals surface area contributed by atoms with Crippen LogP contribution in [0, 0.1) is 62.2 Å². The lowest BCUT2D eigenvalue weighted by molar-refractivity contribution is -0.125. The number of allylic oxidation sites excluding steroid dienone is 4. The molecule has 0 saturated carbocycles. The quantitative estimate of drug-likeness (QED) is 0.447. The van der Waals surface area contributed by atoms with Crippen LogP contribution < -0.4 is 0 Å². The van der Waals surface area contributed by atoms with Crippen LogP contribution in [0.1, 0.15) is 38.1 Å². The number of hydrogen-bond donors (Lipinski definition) is 0. The van der Waals surface area contributed by atoms with Crippen molar-refractivity contribution in [2.24, 2.45) is 0 Å². The van der Waals surface area contributed by atoms with Crippen LogP contribution in [-0.4, -0.2) is 16.6 Å². The third kappa shape index (κ3) is 7.93. The van der Waals surface area contributed by atoms with Gasteiger partial charge in [-0.3, -0.25) is 38.2 Å². The van der Waals surface area contributed by atoms with Gasteiger partial charge < -0.3 is 0 Å². The van der Waals surface area contributed by atoms with Crippen molar-refractivity contribution in [3.8, 4) is 48.4 Å². The summed E-state index contributed by atoms with van der Waals surface area (Å²) in [6.45, 7) is 13.2. The molecule has 1 amide bonds. The van der Waals surface area contributed by atoms with Gasteiger partial charge in [-0.25, -0.2) is 0 Å². The number of carbonyl (C=O) groups excluding carboxylic acids is 2. The van der Waals surface area contributed by atoms with Crippen molar-refractivity contribution in [2.45, 2.75) is 27.7 Å². The Kier molecular flexibility index (Phi) is 11.2. The number of amides is 1. The lowest BCUT2D eigenvalue weighted by atomic mass is 10.1. The minimum Gasteiger partial charge on any atom is -0.297 e. The Labute approximate surface area is 174 Å². The monoisotopic (exact) mass is 381 g/mol. The van der Waals surface area contributed by atoms with E-state index in [1.165, 1.54) is 11.8 Å². The number of Topliss-reactive ketones (excluding diaryl/α,β-unsaturated/α-hetero) is 1. The molecule has 1 aromatic carbocycles. The number of terminal acetylenes is 2. The molecule has 3 heteroatoms. The first kappa shape index (κ1) is 24.8. The molecule has 0 radical (unpaired) electrons. The van der Waals surface area contributed by atoms with E-state index < -0.39 is 0 Å². The summed E-state index contributed by atoms with van der Waals surface area (Å²) >= 11 is 0. The minimum atomic E-state index is -0.318. The second kappa shape index (κ2) is 13.1. The molecule has 0 aliphatic carbocycles. The molecule has 0 spiro atoms. The van der Waals surface area contributed by atoms with E-state index in [0.717, 1.165) is 5.56 Å². The molecule has 1 aromatic rings. The van der Waals surface area contributed by atoms with Gasteiger partial charge >= 0.3 is 0 Å². The predicted molar refractivity (Wildman–Crippen MR) is 118 cm³/mol. The Morgan fingerprint density at radius 3 is 1.48 bits per heavy atom. The van der Waals surface area contributed by atoms with Gasteiger partial charge in [-0.05, 0) is 20.8 Å². The Morgan fingerprint density at radius 1 is 0.828 bits per heavy atom. The standard InChI is InChI=1S/C18H15NO.C8H8O/c1-8-12-14(5)17(10-3)19(16(7)20)18(11-4)15(6)13-9-2;1-7(9)8-5-3-2-4-6-8/h3-4H,1-2H2,5-7H3;2-6H,1H3/q-2;/b17-14-,18-15+;. The van der Waals surface area contributed by atoms with Gasteiger partial charge in [0.05, 0.1) is 11.4 Å². The summed E-state index contributed by atoms with van der Waals surface area (Å²) in [5, 5.41) is 0. The van der Waals surface area contributed by atoms with Crippen LogP contribution in [0.5, 0.6) is 0 Å². The Morgan fingerprint density at radius 2 is 1.24 bits per heavy atom. The molecule has 1 rings (SSSR count). The SMILES string of the molecule is C#C/C(=C(\C)C#C[CH2-])N(C(C)=O)/C(C#C)=C(\C)C#C[CH2-].CC(=O)c1ccccc1. The van der Waals surface area contributed by atoms with Crippen LogP contribution in [0.2, 0.25) is 0 Å². The largest absolute Gasteiger partial charge is 0.297 e. The first-order valence-corrected chi connectivity index (χ1v) is 8.52. The zero-order chi connectivity index (χ0) is 22.4. The average Bonchev–Trinajstić information content (AvgIpc) is 2.69. The van der Waals surface area contributed by atoms with Crippen LogP contribution in [0.3, 0.4) is 0 Å². The summed E-state index contributed by atoms with van der Waals surface area (Å²) in [4.78, 5) is 23.8. The molecule has 0 unspecified atom stereocenters. The zero-order valence-electron chi connectivity index (χ0n) is 17.2. The fourth-order valence-electron chi connectivity index (χ4n) is 2.16. The summed E-state index contributed by atoms with van der Waals surface area (Å²) in [5.74, 6) is 15.1. The maximum absolute atomic E-state index is 11.9. The summed E-state index contributed by atoms with van der Waals surface area (Å²) in [5.41, 5.74) is 2.40. The lowest BCUT2D eigenvalue weighted by Crippen LogP contribution is -2.28. The van der Waals surface area contributed by atoms with E-state index in [9.17, 15) is 9.59 Å². The van der Waals surface area contributed by atoms with Gasteiger partial charge in [0, 0.05) is 12.5 Å². The fraction of sp³-hybridized carbons (Fsp3) is 0.154. The van der Waals surface area contributed by atoms with Crippen LogP contribution >= 0.6 is 0 Å². The van der Waals surface area contributed by atoms with Crippen LogP contribution in [0.25, 0.3) is 0 Å². The number of carbonyl (C=O) groups is 2. The number of rotatable bonds is 3. The van der Waals surface area contributed by atoms with Crippen molar-refractivity contribution in [3.63, 3.8) is 0 Å². The third-order valence-electron chi connectivity index (χ3n) is 3.48. The van der Waals surface area contributed by atoms with E-state index in [1.807, 2.05) is 30.3 Å². The van der Waals surface area contributed by atoms with Gasteiger partial charge in [-0.2, -0.15) is 13.8 Å². The highest BCUT2D eigenvalue weighted by Gasteiger charge is 2.17. The third-order valence-corrected chi connectivity index (χ3v) is 3.48. The molecule has 0 N–H and O–H groups in total. The molecule has 0 aliphatic rings. The summed E-state index contributed by atoms with van der Waals surface area (Å²) in [6.07, 6.45) is 11.0. The molecule has 0 aromatic heterocycles. The van der Waals surface area contributed by atoms with Gasteiger partial charge in [0.1, 0.15) is 0 Å². The van der Waals surface area contributed by atoms with E-state index in [0.29, 0.717) is 11.1 Å². The number of hydrogen-bond acceptors (Lipinski definition) is 2. The Balaban J connectivity index is 0.000000717. The van der Waals surface area contributed by atoms with E-state index in [2.05, 4.69) is 49.4 Å². The first-order valence-electron chi connectivity index (χ1n) is 8.52. The Hall–Kier alpha value is -4.18. The summed E-state index contributed by atoms with van der Waals surface area (Å²) in [6, 6.07) is 9.23. The molecule has 0 fully saturated rings. The van der Waals surface area contributed by atoms with Crippen LogP contribution in [0.4, 0.5) is 0 Å². The fourth-order valence-corrected chi connectivity index (χ4v) is 2.16. The van der Waals surface area contributed by atoms with Crippen molar-refractivity contribution >= 4 is 11.7 Å². The summed E-state index contributed by atoms with van der Waals surface area (Å²) < 4.78 is 0. The topological polar surface area (TPSA) is 37.4 Å². The number of nitrogens with zero attached hydrogens (tertiary/aromatic N) is 1. The van der Waals surface area contributed by atoms with Gasteiger partial charge in [-0.15, -0.1) is 12.8 Å². The zero-order valence-corrected chi connectivity index (χ0v) is 17.2. The van der Waals surface area contributed by atoms with Gasteiger partial charge in [0.25, 0.3) is 0 Å². The van der Waals surface area contributed by atoms with Gasteiger partial charge in [-0.1, -0.05) is 53.3 Å². The number of ketones is 1. The maximum atomic E-state index is 11.9. The van der Waals surface area contributed by atoms with Crippen LogP contribution in [0.15, 0.2) is 52.9 Å². The first-order chi connectivity index (χ1) is 13.7. The molecule has 0 saturated heterocycles. The highest BCUT2D eigenvalue weighted by atomic mass is 16.2. The normalized spacial score (nSPS) is 10.4. The number of benzene rings is 1. The van der Waals surface area contributed by atoms with Crippen molar-refractivity contribution in [1.29, 1.82) is 0 Å². The van der Waals surface area contributed by atoms with E-state index in [1.54, 1.807) is 20.8 Å². The van der Waals surface area contributed by atoms with E-state index in [4.69, 9.17) is 12.8 Å². The van der Waals surface area contributed by atoms with Crippen molar-refractivity contribution in [1.82, 2.24) is 4.90 Å². The smallest absolute Gasteiger partial charge is 0.229 e. The average molecular weight is 381 g/mol.